The maximum atomic E-state index is 2.21. The van der Waals surface area contributed by atoms with Gasteiger partial charge in [-0.3, -0.25) is 0 Å². The fourth-order valence-electron chi connectivity index (χ4n) is 1.45. The van der Waals surface area contributed by atoms with Crippen molar-refractivity contribution in [3.05, 3.63) is 46.5 Å². The number of hydrogen-bond donors (Lipinski definition) is 0. The molecule has 0 spiro atoms. The van der Waals surface area contributed by atoms with Crippen LogP contribution in [-0.2, 0) is 0 Å². The normalized spacial score (nSPS) is 10.7. The monoisotopic (exact) mass is 248 g/mol. The molecule has 0 fully saturated rings. The molecule has 3 aromatic rings. The van der Waals surface area contributed by atoms with Crippen molar-refractivity contribution < 1.29 is 0 Å². The molecule has 0 aliphatic heterocycles. The largest absolute Gasteiger partial charge is 0.152 e. The second kappa shape index (κ2) is 3.93. The van der Waals surface area contributed by atoms with E-state index in [4.69, 9.17) is 0 Å². The molecule has 3 aromatic heterocycles. The van der Waals surface area contributed by atoms with Crippen molar-refractivity contribution in [3.63, 3.8) is 0 Å². The first-order valence-electron chi connectivity index (χ1n) is 4.60. The van der Waals surface area contributed by atoms with Gasteiger partial charge in [0.25, 0.3) is 0 Å². The summed E-state index contributed by atoms with van der Waals surface area (Å²) in [5.41, 5.74) is 1.34. The third-order valence-electron chi connectivity index (χ3n) is 2.18. The van der Waals surface area contributed by atoms with Gasteiger partial charge in [0, 0.05) is 20.2 Å². The first kappa shape index (κ1) is 9.33. The van der Waals surface area contributed by atoms with E-state index in [1.165, 1.54) is 20.2 Å². The maximum Gasteiger partial charge on any atom is 0.0449 e. The highest BCUT2D eigenvalue weighted by atomic mass is 32.1. The lowest BCUT2D eigenvalue weighted by atomic mass is 10.3. The van der Waals surface area contributed by atoms with E-state index in [2.05, 4.69) is 46.5 Å². The standard InChI is InChI=1S/C12H8S3/c1-2-11(14-6-1)12-4-3-10(15-12)9-5-7-13-8-9/h1-8H. The van der Waals surface area contributed by atoms with Gasteiger partial charge in [-0.2, -0.15) is 11.3 Å². The quantitative estimate of drug-likeness (QED) is 0.584. The third-order valence-corrected chi connectivity index (χ3v) is 5.06. The van der Waals surface area contributed by atoms with Crippen LogP contribution in [0.4, 0.5) is 0 Å². The fourth-order valence-corrected chi connectivity index (χ4v) is 4.02. The summed E-state index contributed by atoms with van der Waals surface area (Å²) in [7, 11) is 0. The number of rotatable bonds is 2. The lowest BCUT2D eigenvalue weighted by molar-refractivity contribution is 1.88. The molecule has 15 heavy (non-hydrogen) atoms. The van der Waals surface area contributed by atoms with Gasteiger partial charge in [-0.1, -0.05) is 6.07 Å². The summed E-state index contributed by atoms with van der Waals surface area (Å²) in [6.45, 7) is 0. The van der Waals surface area contributed by atoms with Crippen LogP contribution in [0.25, 0.3) is 20.2 Å². The summed E-state index contributed by atoms with van der Waals surface area (Å²) < 4.78 is 0. The van der Waals surface area contributed by atoms with E-state index in [9.17, 15) is 0 Å². The zero-order valence-corrected chi connectivity index (χ0v) is 10.3. The second-order valence-electron chi connectivity index (χ2n) is 3.15. The molecule has 0 atom stereocenters. The average molecular weight is 248 g/mol. The van der Waals surface area contributed by atoms with Crippen LogP contribution in [0.15, 0.2) is 46.5 Å². The Kier molecular flexibility index (Phi) is 2.44. The van der Waals surface area contributed by atoms with Crippen molar-refractivity contribution in [2.75, 3.05) is 0 Å². The molecular formula is C12H8S3. The Labute approximate surface area is 100 Å². The van der Waals surface area contributed by atoms with Gasteiger partial charge in [-0.15, -0.1) is 22.7 Å². The van der Waals surface area contributed by atoms with Crippen molar-refractivity contribution >= 4 is 34.0 Å². The summed E-state index contributed by atoms with van der Waals surface area (Å²) in [5, 5.41) is 6.45. The van der Waals surface area contributed by atoms with Gasteiger partial charge in [0.2, 0.25) is 0 Å². The van der Waals surface area contributed by atoms with Gasteiger partial charge >= 0.3 is 0 Å². The molecule has 0 nitrogen and oxygen atoms in total. The zero-order valence-electron chi connectivity index (χ0n) is 7.84. The molecule has 3 heterocycles. The van der Waals surface area contributed by atoms with Crippen LogP contribution in [0.3, 0.4) is 0 Å². The Morgan fingerprint density at radius 3 is 2.47 bits per heavy atom. The van der Waals surface area contributed by atoms with Crippen LogP contribution in [0.1, 0.15) is 0 Å². The minimum absolute atomic E-state index is 1.34. The summed E-state index contributed by atoms with van der Waals surface area (Å²) in [6, 6.07) is 10.9. The molecule has 0 amide bonds. The molecular weight excluding hydrogens is 240 g/mol. The van der Waals surface area contributed by atoms with E-state index in [0.717, 1.165) is 0 Å². The smallest absolute Gasteiger partial charge is 0.0449 e. The van der Waals surface area contributed by atoms with E-state index in [0.29, 0.717) is 0 Å². The van der Waals surface area contributed by atoms with Gasteiger partial charge in [-0.05, 0) is 40.4 Å². The molecule has 3 rings (SSSR count). The van der Waals surface area contributed by atoms with Crippen LogP contribution >= 0.6 is 34.0 Å². The van der Waals surface area contributed by atoms with E-state index < -0.39 is 0 Å². The summed E-state index contributed by atoms with van der Waals surface area (Å²) in [6.07, 6.45) is 0. The molecule has 0 aliphatic rings. The highest BCUT2D eigenvalue weighted by molar-refractivity contribution is 7.23. The van der Waals surface area contributed by atoms with Gasteiger partial charge < -0.3 is 0 Å². The highest BCUT2D eigenvalue weighted by Crippen LogP contribution is 2.36. The molecule has 0 unspecified atom stereocenters. The second-order valence-corrected chi connectivity index (χ2v) is 5.96. The van der Waals surface area contributed by atoms with E-state index in [1.807, 2.05) is 11.3 Å². The lowest BCUT2D eigenvalue weighted by Gasteiger charge is -1.89. The van der Waals surface area contributed by atoms with Gasteiger partial charge in [0.1, 0.15) is 0 Å². The topological polar surface area (TPSA) is 0 Å². The molecule has 0 saturated carbocycles. The molecule has 0 bridgehead atoms. The van der Waals surface area contributed by atoms with E-state index in [1.54, 1.807) is 22.7 Å². The average Bonchev–Trinajstić information content (AvgIpc) is 3.02. The predicted molar refractivity (Wildman–Crippen MR) is 70.9 cm³/mol. The fraction of sp³-hybridized carbons (Fsp3) is 0. The molecule has 0 aromatic carbocycles. The van der Waals surface area contributed by atoms with Gasteiger partial charge in [0.05, 0.1) is 0 Å². The molecule has 3 heteroatoms. The zero-order chi connectivity index (χ0) is 10.1. The van der Waals surface area contributed by atoms with Crippen LogP contribution in [0.2, 0.25) is 0 Å². The van der Waals surface area contributed by atoms with Crippen molar-refractivity contribution in [3.8, 4) is 20.2 Å². The van der Waals surface area contributed by atoms with E-state index >= 15 is 0 Å². The van der Waals surface area contributed by atoms with Crippen LogP contribution < -0.4 is 0 Å². The predicted octanol–water partition coefficient (Wildman–Crippen LogP) is 5.21. The molecule has 0 aliphatic carbocycles. The molecule has 74 valence electrons. The summed E-state index contributed by atoms with van der Waals surface area (Å²) >= 11 is 5.42. The van der Waals surface area contributed by atoms with Crippen LogP contribution in [0, 0.1) is 0 Å². The van der Waals surface area contributed by atoms with Gasteiger partial charge in [-0.25, -0.2) is 0 Å². The first-order valence-corrected chi connectivity index (χ1v) is 7.24. The number of thiophene rings is 3. The van der Waals surface area contributed by atoms with Crippen molar-refractivity contribution in [1.82, 2.24) is 0 Å². The van der Waals surface area contributed by atoms with E-state index in [-0.39, 0.29) is 0 Å². The van der Waals surface area contributed by atoms with Crippen LogP contribution in [-0.4, -0.2) is 0 Å². The van der Waals surface area contributed by atoms with Crippen molar-refractivity contribution in [2.45, 2.75) is 0 Å². The minimum Gasteiger partial charge on any atom is -0.152 e. The Morgan fingerprint density at radius 2 is 1.73 bits per heavy atom. The Bertz CT molecular complexity index is 480. The lowest BCUT2D eigenvalue weighted by Crippen LogP contribution is -1.59. The number of hydrogen-bond acceptors (Lipinski definition) is 3. The van der Waals surface area contributed by atoms with Crippen LogP contribution in [0.5, 0.6) is 0 Å². The molecule has 0 saturated heterocycles. The Hall–Kier alpha value is -0.900. The van der Waals surface area contributed by atoms with Crippen molar-refractivity contribution in [1.29, 1.82) is 0 Å². The summed E-state index contributed by atoms with van der Waals surface area (Å²) in [5.74, 6) is 0. The summed E-state index contributed by atoms with van der Waals surface area (Å²) in [4.78, 5) is 4.09. The Morgan fingerprint density at radius 1 is 0.800 bits per heavy atom. The third kappa shape index (κ3) is 1.78. The molecule has 0 radical (unpaired) electrons. The van der Waals surface area contributed by atoms with Crippen molar-refractivity contribution in [2.24, 2.45) is 0 Å². The van der Waals surface area contributed by atoms with Gasteiger partial charge in [0.15, 0.2) is 0 Å². The SMILES string of the molecule is c1csc(-c2ccc(-c3ccsc3)s2)c1. The Balaban J connectivity index is 2.02. The maximum absolute atomic E-state index is 2.21. The first-order chi connectivity index (χ1) is 7.43. The molecule has 0 N–H and O–H groups in total. The minimum atomic E-state index is 1.34. The highest BCUT2D eigenvalue weighted by Gasteiger charge is 2.05.